The quantitative estimate of drug-likeness (QED) is 0.619. The second-order valence-electron chi connectivity index (χ2n) is 3.96. The zero-order valence-electron chi connectivity index (χ0n) is 10.5. The average Bonchev–Trinajstić information content (AvgIpc) is 2.53. The van der Waals surface area contributed by atoms with Crippen molar-refractivity contribution in [3.8, 4) is 0 Å². The molecule has 4 heteroatoms. The van der Waals surface area contributed by atoms with E-state index in [2.05, 4.69) is 9.88 Å². The number of nitrogens with zero attached hydrogens (tertiary/aromatic N) is 1. The summed E-state index contributed by atoms with van der Waals surface area (Å²) < 4.78 is 2.13. The fourth-order valence-electron chi connectivity index (χ4n) is 1.83. The zero-order chi connectivity index (χ0) is 12.8. The molecule has 0 saturated carbocycles. The van der Waals surface area contributed by atoms with Gasteiger partial charge in [0.25, 0.3) is 0 Å². The minimum Gasteiger partial charge on any atom is -0.355 e. The average molecular weight is 234 g/mol. The van der Waals surface area contributed by atoms with Gasteiger partial charge in [-0.05, 0) is 37.6 Å². The predicted molar refractivity (Wildman–Crippen MR) is 67.7 cm³/mol. The number of amides is 1. The van der Waals surface area contributed by atoms with Crippen molar-refractivity contribution >= 4 is 18.3 Å². The molecule has 0 aliphatic heterocycles. The predicted octanol–water partition coefficient (Wildman–Crippen LogP) is 1.45. The van der Waals surface area contributed by atoms with Crippen LogP contribution >= 0.6 is 0 Å². The van der Waals surface area contributed by atoms with E-state index in [1.807, 2.05) is 19.9 Å². The summed E-state index contributed by atoms with van der Waals surface area (Å²) in [5.74, 6) is -0.0199. The van der Waals surface area contributed by atoms with Crippen LogP contribution in [0.4, 0.5) is 0 Å². The molecule has 1 amide bonds. The highest BCUT2D eigenvalue weighted by Gasteiger charge is 2.06. The standard InChI is InChI=1S/C13H18N2O2/c1-10-9-13(5-4-8-16)11(2)15(10)7-6-14-12(3)17/h4-5,8-9H,6-7H2,1-3H3,(H,14,17)/b5-4+. The zero-order valence-corrected chi connectivity index (χ0v) is 10.5. The maximum atomic E-state index is 10.8. The molecule has 1 N–H and O–H groups in total. The number of nitrogens with one attached hydrogen (secondary N) is 1. The molecule has 0 aliphatic carbocycles. The largest absolute Gasteiger partial charge is 0.355 e. The Labute approximate surface area is 101 Å². The maximum Gasteiger partial charge on any atom is 0.216 e. The lowest BCUT2D eigenvalue weighted by molar-refractivity contribution is -0.119. The fourth-order valence-corrected chi connectivity index (χ4v) is 1.83. The van der Waals surface area contributed by atoms with Crippen LogP contribution in [0.5, 0.6) is 0 Å². The van der Waals surface area contributed by atoms with Crippen LogP contribution in [-0.4, -0.2) is 23.3 Å². The molecule has 0 saturated heterocycles. The van der Waals surface area contributed by atoms with Crippen LogP contribution in [0.15, 0.2) is 12.1 Å². The summed E-state index contributed by atoms with van der Waals surface area (Å²) in [7, 11) is 0. The van der Waals surface area contributed by atoms with E-state index in [1.165, 1.54) is 13.0 Å². The molecule has 92 valence electrons. The Morgan fingerprint density at radius 3 is 2.76 bits per heavy atom. The van der Waals surface area contributed by atoms with E-state index >= 15 is 0 Å². The third kappa shape index (κ3) is 3.59. The molecule has 0 radical (unpaired) electrons. The maximum absolute atomic E-state index is 10.8. The van der Waals surface area contributed by atoms with E-state index in [4.69, 9.17) is 0 Å². The highest BCUT2D eigenvalue weighted by molar-refractivity contribution is 5.74. The second-order valence-corrected chi connectivity index (χ2v) is 3.96. The van der Waals surface area contributed by atoms with E-state index in [1.54, 1.807) is 6.08 Å². The topological polar surface area (TPSA) is 51.1 Å². The first kappa shape index (κ1) is 13.2. The normalized spacial score (nSPS) is 10.8. The van der Waals surface area contributed by atoms with Gasteiger partial charge >= 0.3 is 0 Å². The van der Waals surface area contributed by atoms with Crippen molar-refractivity contribution in [2.75, 3.05) is 6.54 Å². The second kappa shape index (κ2) is 6.03. The van der Waals surface area contributed by atoms with Gasteiger partial charge in [-0.2, -0.15) is 0 Å². The molecule has 0 fully saturated rings. The van der Waals surface area contributed by atoms with E-state index < -0.39 is 0 Å². The Bertz CT molecular complexity index is 445. The first-order valence-corrected chi connectivity index (χ1v) is 5.59. The number of aromatic nitrogens is 1. The molecular weight excluding hydrogens is 216 g/mol. The van der Waals surface area contributed by atoms with Gasteiger partial charge in [-0.1, -0.05) is 0 Å². The molecule has 0 atom stereocenters. The summed E-state index contributed by atoms with van der Waals surface area (Å²) in [6.45, 7) is 6.88. The minimum atomic E-state index is -0.0199. The van der Waals surface area contributed by atoms with Crippen molar-refractivity contribution in [2.45, 2.75) is 27.3 Å². The summed E-state index contributed by atoms with van der Waals surface area (Å²) in [5, 5.41) is 2.77. The summed E-state index contributed by atoms with van der Waals surface area (Å²) >= 11 is 0. The van der Waals surface area contributed by atoms with E-state index in [-0.39, 0.29) is 5.91 Å². The number of rotatable bonds is 5. The molecular formula is C13H18N2O2. The van der Waals surface area contributed by atoms with Crippen LogP contribution in [0, 0.1) is 13.8 Å². The summed E-state index contributed by atoms with van der Waals surface area (Å²) in [4.78, 5) is 21.1. The third-order valence-corrected chi connectivity index (χ3v) is 2.68. The van der Waals surface area contributed by atoms with Crippen molar-refractivity contribution in [2.24, 2.45) is 0 Å². The number of allylic oxidation sites excluding steroid dienone is 1. The number of hydrogen-bond acceptors (Lipinski definition) is 2. The van der Waals surface area contributed by atoms with Gasteiger partial charge in [-0.15, -0.1) is 0 Å². The first-order chi connectivity index (χ1) is 8.06. The summed E-state index contributed by atoms with van der Waals surface area (Å²) in [6, 6.07) is 2.03. The lowest BCUT2D eigenvalue weighted by Gasteiger charge is -2.09. The molecule has 0 aromatic carbocycles. The monoisotopic (exact) mass is 234 g/mol. The molecule has 0 unspecified atom stereocenters. The molecule has 1 aromatic heterocycles. The van der Waals surface area contributed by atoms with Gasteiger partial charge in [0.05, 0.1) is 0 Å². The smallest absolute Gasteiger partial charge is 0.216 e. The van der Waals surface area contributed by atoms with Crippen LogP contribution in [0.3, 0.4) is 0 Å². The lowest BCUT2D eigenvalue weighted by atomic mass is 10.2. The van der Waals surface area contributed by atoms with Gasteiger partial charge in [0.2, 0.25) is 5.91 Å². The van der Waals surface area contributed by atoms with Crippen molar-refractivity contribution in [3.63, 3.8) is 0 Å². The van der Waals surface area contributed by atoms with Crippen LogP contribution in [0.2, 0.25) is 0 Å². The van der Waals surface area contributed by atoms with Gasteiger partial charge in [0.1, 0.15) is 6.29 Å². The van der Waals surface area contributed by atoms with Crippen LogP contribution in [-0.2, 0) is 16.1 Å². The summed E-state index contributed by atoms with van der Waals surface area (Å²) in [5.41, 5.74) is 3.27. The first-order valence-electron chi connectivity index (χ1n) is 5.59. The Hall–Kier alpha value is -1.84. The Morgan fingerprint density at radius 2 is 2.18 bits per heavy atom. The van der Waals surface area contributed by atoms with Crippen molar-refractivity contribution in [1.82, 2.24) is 9.88 Å². The van der Waals surface area contributed by atoms with Crippen LogP contribution < -0.4 is 5.32 Å². The number of carbonyl (C=O) groups is 2. The Morgan fingerprint density at radius 1 is 1.47 bits per heavy atom. The highest BCUT2D eigenvalue weighted by Crippen LogP contribution is 2.15. The number of carbonyl (C=O) groups excluding carboxylic acids is 2. The van der Waals surface area contributed by atoms with Crippen molar-refractivity contribution in [3.05, 3.63) is 29.1 Å². The van der Waals surface area contributed by atoms with E-state index in [9.17, 15) is 9.59 Å². The van der Waals surface area contributed by atoms with Gasteiger partial charge in [0.15, 0.2) is 0 Å². The molecule has 17 heavy (non-hydrogen) atoms. The van der Waals surface area contributed by atoms with Gasteiger partial charge in [-0.3, -0.25) is 9.59 Å². The lowest BCUT2D eigenvalue weighted by Crippen LogP contribution is -2.25. The minimum absolute atomic E-state index is 0.0199. The molecule has 1 rings (SSSR count). The molecule has 0 aliphatic rings. The van der Waals surface area contributed by atoms with E-state index in [0.29, 0.717) is 6.54 Å². The van der Waals surface area contributed by atoms with Gasteiger partial charge in [-0.25, -0.2) is 0 Å². The summed E-state index contributed by atoms with van der Waals surface area (Å²) in [6.07, 6.45) is 4.05. The molecule has 1 aromatic rings. The van der Waals surface area contributed by atoms with Crippen molar-refractivity contribution < 1.29 is 9.59 Å². The fraction of sp³-hybridized carbons (Fsp3) is 0.385. The molecule has 1 heterocycles. The van der Waals surface area contributed by atoms with Crippen LogP contribution in [0.25, 0.3) is 6.08 Å². The number of aryl methyl sites for hydroxylation is 1. The van der Waals surface area contributed by atoms with Crippen molar-refractivity contribution in [1.29, 1.82) is 0 Å². The van der Waals surface area contributed by atoms with E-state index in [0.717, 1.165) is 29.8 Å². The number of hydrogen-bond donors (Lipinski definition) is 1. The Kier molecular flexibility index (Phi) is 4.69. The SMILES string of the molecule is CC(=O)NCCn1c(C)cc(/C=C/C=O)c1C. The molecule has 0 bridgehead atoms. The number of aldehydes is 1. The van der Waals surface area contributed by atoms with Crippen LogP contribution in [0.1, 0.15) is 23.9 Å². The molecule has 4 nitrogen and oxygen atoms in total. The third-order valence-electron chi connectivity index (χ3n) is 2.68. The van der Waals surface area contributed by atoms with Gasteiger partial charge < -0.3 is 9.88 Å². The Balaban J connectivity index is 2.78. The highest BCUT2D eigenvalue weighted by atomic mass is 16.1. The van der Waals surface area contributed by atoms with Gasteiger partial charge in [0, 0.05) is 31.4 Å². The molecule has 0 spiro atoms.